The van der Waals surface area contributed by atoms with Gasteiger partial charge in [-0.05, 0) is 45.4 Å². The lowest BCUT2D eigenvalue weighted by molar-refractivity contribution is -0.130. The van der Waals surface area contributed by atoms with E-state index in [9.17, 15) is 14.4 Å². The molecule has 154 valence electrons. The topological polar surface area (TPSA) is 79.0 Å². The molecule has 1 aromatic rings. The molecule has 0 aliphatic carbocycles. The molecule has 0 atom stereocenters. The van der Waals surface area contributed by atoms with Crippen LogP contribution >= 0.6 is 23.2 Å². The zero-order valence-electron chi connectivity index (χ0n) is 16.3. The van der Waals surface area contributed by atoms with E-state index in [1.54, 1.807) is 48.8 Å². The summed E-state index contributed by atoms with van der Waals surface area (Å²) in [5.41, 5.74) is -0.279. The van der Waals surface area contributed by atoms with E-state index in [4.69, 9.17) is 27.9 Å². The van der Waals surface area contributed by atoms with Crippen LogP contribution in [0.15, 0.2) is 18.2 Å². The van der Waals surface area contributed by atoms with Gasteiger partial charge in [0.15, 0.2) is 0 Å². The predicted molar refractivity (Wildman–Crippen MR) is 108 cm³/mol. The number of hydrogen-bond acceptors (Lipinski definition) is 4. The zero-order chi connectivity index (χ0) is 20.9. The summed E-state index contributed by atoms with van der Waals surface area (Å²) in [6, 6.07) is 4.76. The first kappa shape index (κ1) is 22.3. The third-order valence-corrected chi connectivity index (χ3v) is 4.64. The van der Waals surface area contributed by atoms with Gasteiger partial charge in [-0.3, -0.25) is 9.59 Å². The standard InChI is InChI=1S/C19H25Cl2N3O4/c1-19(2,3)28-18(27)22-12-16(25)23-7-4-8-24(10-9-23)17(26)14-11-13(20)5-6-15(14)21/h5-6,11H,4,7-10,12H2,1-3H3,(H,22,27). The lowest BCUT2D eigenvalue weighted by Crippen LogP contribution is -2.43. The number of ether oxygens (including phenoxy) is 1. The fourth-order valence-corrected chi connectivity index (χ4v) is 3.15. The molecule has 0 unspecified atom stereocenters. The van der Waals surface area contributed by atoms with Gasteiger partial charge in [0.2, 0.25) is 5.91 Å². The minimum Gasteiger partial charge on any atom is -0.444 e. The first-order valence-corrected chi connectivity index (χ1v) is 9.81. The molecule has 9 heteroatoms. The number of rotatable bonds is 3. The Kier molecular flexibility index (Phi) is 7.55. The van der Waals surface area contributed by atoms with Crippen LogP contribution in [0.1, 0.15) is 37.6 Å². The van der Waals surface area contributed by atoms with Gasteiger partial charge in [-0.15, -0.1) is 0 Å². The average Bonchev–Trinajstić information content (AvgIpc) is 2.86. The molecule has 0 saturated carbocycles. The molecule has 28 heavy (non-hydrogen) atoms. The van der Waals surface area contributed by atoms with Crippen molar-refractivity contribution < 1.29 is 19.1 Å². The van der Waals surface area contributed by atoms with E-state index in [2.05, 4.69) is 5.32 Å². The molecule has 1 saturated heterocycles. The summed E-state index contributed by atoms with van der Waals surface area (Å²) < 4.78 is 5.12. The summed E-state index contributed by atoms with van der Waals surface area (Å²) in [4.78, 5) is 40.1. The molecular formula is C19H25Cl2N3O4. The van der Waals surface area contributed by atoms with Gasteiger partial charge in [-0.2, -0.15) is 0 Å². The maximum absolute atomic E-state index is 12.8. The number of carbonyl (C=O) groups is 3. The van der Waals surface area contributed by atoms with Crippen LogP contribution in [0, 0.1) is 0 Å². The van der Waals surface area contributed by atoms with E-state index >= 15 is 0 Å². The Bertz CT molecular complexity index is 749. The molecule has 1 N–H and O–H groups in total. The van der Waals surface area contributed by atoms with Crippen LogP contribution in [0.3, 0.4) is 0 Å². The first-order valence-electron chi connectivity index (χ1n) is 9.06. The summed E-state index contributed by atoms with van der Waals surface area (Å²) in [5, 5.41) is 3.24. The van der Waals surface area contributed by atoms with Gasteiger partial charge < -0.3 is 19.9 Å². The van der Waals surface area contributed by atoms with E-state index in [1.165, 1.54) is 0 Å². The Balaban J connectivity index is 1.90. The highest BCUT2D eigenvalue weighted by atomic mass is 35.5. The molecule has 7 nitrogen and oxygen atoms in total. The van der Waals surface area contributed by atoms with Crippen LogP contribution in [0.25, 0.3) is 0 Å². The van der Waals surface area contributed by atoms with E-state index in [1.807, 2.05) is 0 Å². The third-order valence-electron chi connectivity index (χ3n) is 4.08. The lowest BCUT2D eigenvalue weighted by Gasteiger charge is -2.23. The second-order valence-corrected chi connectivity index (χ2v) is 8.35. The van der Waals surface area contributed by atoms with E-state index in [-0.39, 0.29) is 18.4 Å². The van der Waals surface area contributed by atoms with Gasteiger partial charge in [-0.25, -0.2) is 4.79 Å². The number of halogens is 2. The van der Waals surface area contributed by atoms with E-state index in [0.29, 0.717) is 48.2 Å². The number of carbonyl (C=O) groups excluding carboxylic acids is 3. The SMILES string of the molecule is CC(C)(C)OC(=O)NCC(=O)N1CCCN(C(=O)c2cc(Cl)ccc2Cl)CC1. The van der Waals surface area contributed by atoms with Crippen LogP contribution < -0.4 is 5.32 Å². The van der Waals surface area contributed by atoms with Gasteiger partial charge in [0.1, 0.15) is 12.1 Å². The Morgan fingerprint density at radius 1 is 1.07 bits per heavy atom. The fraction of sp³-hybridized carbons (Fsp3) is 0.526. The van der Waals surface area contributed by atoms with Crippen molar-refractivity contribution in [2.24, 2.45) is 0 Å². The van der Waals surface area contributed by atoms with Gasteiger partial charge in [0.05, 0.1) is 10.6 Å². The highest BCUT2D eigenvalue weighted by Crippen LogP contribution is 2.22. The molecule has 1 heterocycles. The van der Waals surface area contributed by atoms with Crippen molar-refractivity contribution in [3.63, 3.8) is 0 Å². The molecule has 2 rings (SSSR count). The average molecular weight is 430 g/mol. The van der Waals surface area contributed by atoms with E-state index in [0.717, 1.165) is 0 Å². The summed E-state index contributed by atoms with van der Waals surface area (Å²) in [6.45, 7) is 6.86. The Morgan fingerprint density at radius 3 is 2.39 bits per heavy atom. The van der Waals surface area contributed by atoms with Crippen LogP contribution in [-0.2, 0) is 9.53 Å². The first-order chi connectivity index (χ1) is 13.1. The Morgan fingerprint density at radius 2 is 1.71 bits per heavy atom. The van der Waals surface area contributed by atoms with Gasteiger partial charge in [0.25, 0.3) is 5.91 Å². The van der Waals surface area contributed by atoms with Crippen LogP contribution in [0.4, 0.5) is 4.79 Å². The number of benzene rings is 1. The van der Waals surface area contributed by atoms with Crippen molar-refractivity contribution in [1.29, 1.82) is 0 Å². The minimum atomic E-state index is -0.636. The molecule has 0 aromatic heterocycles. The van der Waals surface area contributed by atoms with Crippen molar-refractivity contribution >= 4 is 41.1 Å². The second-order valence-electron chi connectivity index (χ2n) is 7.51. The predicted octanol–water partition coefficient (Wildman–Crippen LogP) is 3.19. The molecular weight excluding hydrogens is 405 g/mol. The maximum atomic E-state index is 12.8. The van der Waals surface area contributed by atoms with Crippen molar-refractivity contribution in [2.75, 3.05) is 32.7 Å². The van der Waals surface area contributed by atoms with Crippen LogP contribution in [-0.4, -0.2) is 66.0 Å². The Labute approximate surface area is 174 Å². The minimum absolute atomic E-state index is 0.150. The molecule has 1 aromatic carbocycles. The number of nitrogens with one attached hydrogen (secondary N) is 1. The molecule has 1 aliphatic heterocycles. The molecule has 3 amide bonds. The van der Waals surface area contributed by atoms with Gasteiger partial charge in [-0.1, -0.05) is 23.2 Å². The summed E-state index contributed by atoms with van der Waals surface area (Å²) >= 11 is 12.1. The maximum Gasteiger partial charge on any atom is 0.408 e. The van der Waals surface area contributed by atoms with Gasteiger partial charge >= 0.3 is 6.09 Å². The largest absolute Gasteiger partial charge is 0.444 e. The molecule has 0 spiro atoms. The van der Waals surface area contributed by atoms with Crippen molar-refractivity contribution in [2.45, 2.75) is 32.8 Å². The normalized spacial score (nSPS) is 15.0. The quantitative estimate of drug-likeness (QED) is 0.799. The number of nitrogens with zero attached hydrogens (tertiary/aromatic N) is 2. The molecule has 0 bridgehead atoms. The summed E-state index contributed by atoms with van der Waals surface area (Å²) in [5.74, 6) is -0.436. The third kappa shape index (κ3) is 6.56. The molecule has 1 aliphatic rings. The number of hydrogen-bond donors (Lipinski definition) is 1. The van der Waals surface area contributed by atoms with Crippen LogP contribution in [0.5, 0.6) is 0 Å². The van der Waals surface area contributed by atoms with Crippen LogP contribution in [0.2, 0.25) is 10.0 Å². The molecule has 0 radical (unpaired) electrons. The van der Waals surface area contributed by atoms with Crippen molar-refractivity contribution in [3.8, 4) is 0 Å². The van der Waals surface area contributed by atoms with E-state index < -0.39 is 11.7 Å². The van der Waals surface area contributed by atoms with Gasteiger partial charge in [0, 0.05) is 31.2 Å². The van der Waals surface area contributed by atoms with Crippen molar-refractivity contribution in [1.82, 2.24) is 15.1 Å². The second kappa shape index (κ2) is 9.47. The Hall–Kier alpha value is -1.99. The highest BCUT2D eigenvalue weighted by Gasteiger charge is 2.25. The lowest BCUT2D eigenvalue weighted by atomic mass is 10.2. The van der Waals surface area contributed by atoms with Crippen molar-refractivity contribution in [3.05, 3.63) is 33.8 Å². The zero-order valence-corrected chi connectivity index (χ0v) is 17.8. The molecule has 1 fully saturated rings. The number of amides is 3. The number of alkyl carbamates (subject to hydrolysis) is 1. The smallest absolute Gasteiger partial charge is 0.408 e. The summed E-state index contributed by atoms with van der Waals surface area (Å²) in [7, 11) is 0. The fourth-order valence-electron chi connectivity index (χ4n) is 2.78. The summed E-state index contributed by atoms with van der Waals surface area (Å²) in [6.07, 6.45) is -0.00896. The highest BCUT2D eigenvalue weighted by molar-refractivity contribution is 6.35. The monoisotopic (exact) mass is 429 g/mol.